The highest BCUT2D eigenvalue weighted by Crippen LogP contribution is 2.34. The summed E-state index contributed by atoms with van der Waals surface area (Å²) in [6.45, 7) is 1.50. The van der Waals surface area contributed by atoms with E-state index < -0.39 is 0 Å². The predicted octanol–water partition coefficient (Wildman–Crippen LogP) is 2.50. The highest BCUT2D eigenvalue weighted by Gasteiger charge is 2.16. The van der Waals surface area contributed by atoms with Crippen molar-refractivity contribution in [2.24, 2.45) is 0 Å². The zero-order valence-corrected chi connectivity index (χ0v) is 9.32. The number of halogens is 1. The number of aromatic nitrogens is 1. The molecule has 0 aliphatic heterocycles. The largest absolute Gasteiger partial charge is 0.507 e. The van der Waals surface area contributed by atoms with E-state index >= 15 is 0 Å². The monoisotopic (exact) mass is 239 g/mol. The van der Waals surface area contributed by atoms with Gasteiger partial charge in [-0.15, -0.1) is 0 Å². The zero-order chi connectivity index (χ0) is 11.7. The van der Waals surface area contributed by atoms with E-state index in [0.29, 0.717) is 27.6 Å². The van der Waals surface area contributed by atoms with E-state index in [1.807, 2.05) is 0 Å². The maximum Gasteiger partial charge on any atom is 0.139 e. The van der Waals surface area contributed by atoms with E-state index in [1.165, 1.54) is 6.07 Å². The van der Waals surface area contributed by atoms with Crippen molar-refractivity contribution >= 4 is 11.6 Å². The third-order valence-electron chi connectivity index (χ3n) is 2.36. The summed E-state index contributed by atoms with van der Waals surface area (Å²) in [5.74, 6) is 0.573. The Morgan fingerprint density at radius 3 is 2.88 bits per heavy atom. The van der Waals surface area contributed by atoms with Crippen molar-refractivity contribution < 1.29 is 14.7 Å². The summed E-state index contributed by atoms with van der Waals surface area (Å²) in [5, 5.41) is 23.2. The van der Waals surface area contributed by atoms with Gasteiger partial charge in [0, 0.05) is 16.1 Å². The summed E-state index contributed by atoms with van der Waals surface area (Å²) >= 11 is 5.84. The van der Waals surface area contributed by atoms with Crippen LogP contribution >= 0.6 is 11.6 Å². The molecule has 0 spiro atoms. The van der Waals surface area contributed by atoms with E-state index in [9.17, 15) is 10.2 Å². The maximum atomic E-state index is 9.70. The molecule has 0 radical (unpaired) electrons. The Morgan fingerprint density at radius 1 is 1.44 bits per heavy atom. The van der Waals surface area contributed by atoms with Gasteiger partial charge in [0.05, 0.1) is 6.61 Å². The number of phenols is 1. The van der Waals surface area contributed by atoms with Gasteiger partial charge in [-0.3, -0.25) is 0 Å². The van der Waals surface area contributed by atoms with Crippen molar-refractivity contribution in [2.45, 2.75) is 13.5 Å². The van der Waals surface area contributed by atoms with Crippen LogP contribution in [-0.4, -0.2) is 15.4 Å². The van der Waals surface area contributed by atoms with Gasteiger partial charge < -0.3 is 14.7 Å². The Morgan fingerprint density at radius 2 is 2.19 bits per heavy atom. The smallest absolute Gasteiger partial charge is 0.139 e. The van der Waals surface area contributed by atoms with Crippen LogP contribution in [0.4, 0.5) is 0 Å². The van der Waals surface area contributed by atoms with Crippen molar-refractivity contribution in [3.8, 4) is 17.0 Å². The van der Waals surface area contributed by atoms with Gasteiger partial charge >= 0.3 is 0 Å². The molecule has 5 heteroatoms. The van der Waals surface area contributed by atoms with Crippen LogP contribution in [0.15, 0.2) is 22.7 Å². The number of nitrogens with zero attached hydrogens (tertiary/aromatic N) is 1. The Labute approximate surface area is 97.1 Å². The number of aryl methyl sites for hydroxylation is 1. The van der Waals surface area contributed by atoms with Gasteiger partial charge in [-0.1, -0.05) is 16.8 Å². The van der Waals surface area contributed by atoms with Crippen molar-refractivity contribution in [3.63, 3.8) is 0 Å². The van der Waals surface area contributed by atoms with Gasteiger partial charge in [-0.25, -0.2) is 0 Å². The fourth-order valence-electron chi connectivity index (χ4n) is 1.49. The summed E-state index contributed by atoms with van der Waals surface area (Å²) in [4.78, 5) is 0. The van der Waals surface area contributed by atoms with Crippen LogP contribution in [0.3, 0.4) is 0 Å². The van der Waals surface area contributed by atoms with Gasteiger partial charge in [0.15, 0.2) is 0 Å². The van der Waals surface area contributed by atoms with Crippen LogP contribution < -0.4 is 0 Å². The number of aliphatic hydroxyl groups is 1. The van der Waals surface area contributed by atoms with E-state index in [0.717, 1.165) is 0 Å². The minimum atomic E-state index is -0.198. The number of rotatable bonds is 2. The molecule has 0 saturated carbocycles. The topological polar surface area (TPSA) is 66.5 Å². The van der Waals surface area contributed by atoms with Crippen molar-refractivity contribution in [3.05, 3.63) is 34.5 Å². The standard InChI is InChI=1S/C11H10ClNO3/c1-6-9(5-14)11(13-16-6)8-4-7(12)2-3-10(8)15/h2-4,14-15H,5H2,1H3. The number of benzene rings is 1. The van der Waals surface area contributed by atoms with Crippen LogP contribution in [0.1, 0.15) is 11.3 Å². The molecule has 1 aromatic carbocycles. The molecular formula is C11H10ClNO3. The highest BCUT2D eigenvalue weighted by molar-refractivity contribution is 6.30. The van der Waals surface area contributed by atoms with Crippen molar-refractivity contribution in [2.75, 3.05) is 0 Å². The molecule has 84 valence electrons. The minimum Gasteiger partial charge on any atom is -0.507 e. The lowest BCUT2D eigenvalue weighted by Crippen LogP contribution is -1.88. The first-order valence-corrected chi connectivity index (χ1v) is 5.06. The summed E-state index contributed by atoms with van der Waals surface area (Å²) in [6, 6.07) is 4.63. The average Bonchev–Trinajstić information content (AvgIpc) is 2.63. The van der Waals surface area contributed by atoms with Crippen molar-refractivity contribution in [1.82, 2.24) is 5.16 Å². The zero-order valence-electron chi connectivity index (χ0n) is 8.57. The molecule has 0 aliphatic carbocycles. The second-order valence-corrected chi connectivity index (χ2v) is 3.82. The Hall–Kier alpha value is -1.52. The summed E-state index contributed by atoms with van der Waals surface area (Å²) in [6.07, 6.45) is 0. The second-order valence-electron chi connectivity index (χ2n) is 3.39. The first-order chi connectivity index (χ1) is 7.63. The van der Waals surface area contributed by atoms with Crippen molar-refractivity contribution in [1.29, 1.82) is 0 Å². The van der Waals surface area contributed by atoms with E-state index in [-0.39, 0.29) is 12.4 Å². The lowest BCUT2D eigenvalue weighted by atomic mass is 10.1. The molecule has 2 N–H and O–H groups in total. The maximum absolute atomic E-state index is 9.70. The van der Waals surface area contributed by atoms with Crippen LogP contribution in [-0.2, 0) is 6.61 Å². The molecule has 0 fully saturated rings. The fraction of sp³-hybridized carbons (Fsp3) is 0.182. The SMILES string of the molecule is Cc1onc(-c2cc(Cl)ccc2O)c1CO. The average molecular weight is 240 g/mol. The van der Waals surface area contributed by atoms with Crippen LogP contribution in [0.5, 0.6) is 5.75 Å². The summed E-state index contributed by atoms with van der Waals surface area (Å²) in [5.41, 5.74) is 1.42. The molecule has 2 aromatic rings. The molecule has 0 saturated heterocycles. The normalized spacial score (nSPS) is 10.7. The lowest BCUT2D eigenvalue weighted by molar-refractivity contribution is 0.278. The van der Waals surface area contributed by atoms with E-state index in [1.54, 1.807) is 19.1 Å². The number of hydrogen-bond acceptors (Lipinski definition) is 4. The summed E-state index contributed by atoms with van der Waals surface area (Å²) < 4.78 is 4.97. The van der Waals surface area contributed by atoms with Gasteiger partial charge in [-0.2, -0.15) is 0 Å². The van der Waals surface area contributed by atoms with Gasteiger partial charge in [0.25, 0.3) is 0 Å². The Balaban J connectivity index is 2.62. The van der Waals surface area contributed by atoms with Crippen LogP contribution in [0, 0.1) is 6.92 Å². The molecule has 1 aromatic heterocycles. The molecule has 0 aliphatic rings. The first-order valence-electron chi connectivity index (χ1n) is 4.68. The molecule has 0 bridgehead atoms. The molecule has 0 amide bonds. The first kappa shape index (κ1) is 11.0. The predicted molar refractivity (Wildman–Crippen MR) is 59.3 cm³/mol. The summed E-state index contributed by atoms with van der Waals surface area (Å²) in [7, 11) is 0. The molecular weight excluding hydrogens is 230 g/mol. The lowest BCUT2D eigenvalue weighted by Gasteiger charge is -2.03. The quantitative estimate of drug-likeness (QED) is 0.845. The Kier molecular flexibility index (Phi) is 2.85. The molecule has 2 rings (SSSR count). The number of aromatic hydroxyl groups is 1. The number of phenolic OH excluding ortho intramolecular Hbond substituents is 1. The fourth-order valence-corrected chi connectivity index (χ4v) is 1.66. The molecule has 16 heavy (non-hydrogen) atoms. The van der Waals surface area contributed by atoms with Crippen LogP contribution in [0.2, 0.25) is 5.02 Å². The second kappa shape index (κ2) is 4.15. The minimum absolute atomic E-state index is 0.0485. The van der Waals surface area contributed by atoms with Crippen LogP contribution in [0.25, 0.3) is 11.3 Å². The number of aliphatic hydroxyl groups excluding tert-OH is 1. The third kappa shape index (κ3) is 1.77. The van der Waals surface area contributed by atoms with Gasteiger partial charge in [0.1, 0.15) is 17.2 Å². The Bertz CT molecular complexity index is 522. The molecule has 0 atom stereocenters. The molecule has 4 nitrogen and oxygen atoms in total. The number of hydrogen-bond donors (Lipinski definition) is 2. The molecule has 0 unspecified atom stereocenters. The van der Waals surface area contributed by atoms with E-state index in [2.05, 4.69) is 5.16 Å². The molecule has 1 heterocycles. The van der Waals surface area contributed by atoms with E-state index in [4.69, 9.17) is 16.1 Å². The van der Waals surface area contributed by atoms with Gasteiger partial charge in [0.2, 0.25) is 0 Å². The van der Waals surface area contributed by atoms with Gasteiger partial charge in [-0.05, 0) is 25.1 Å². The third-order valence-corrected chi connectivity index (χ3v) is 2.59. The highest BCUT2D eigenvalue weighted by atomic mass is 35.5.